The van der Waals surface area contributed by atoms with Crippen molar-refractivity contribution in [2.24, 2.45) is 0 Å². The molecule has 2 fully saturated rings. The highest BCUT2D eigenvalue weighted by Crippen LogP contribution is 2.23. The van der Waals surface area contributed by atoms with Crippen LogP contribution in [0.5, 0.6) is 0 Å². The first kappa shape index (κ1) is 19.8. The monoisotopic (exact) mass is 376 g/mol. The van der Waals surface area contributed by atoms with Gasteiger partial charge in [0.05, 0.1) is 44.8 Å². The van der Waals surface area contributed by atoms with Crippen molar-refractivity contribution in [3.63, 3.8) is 0 Å². The van der Waals surface area contributed by atoms with Gasteiger partial charge < -0.3 is 24.8 Å². The average Bonchev–Trinajstić information content (AvgIpc) is 2.70. The standard InChI is InChI=1S/C20H28N2O5/c23-14-18-17(21-19(24)12-15-4-2-1-3-5-15)7-6-16(27-18)13-20(25)22-8-10-26-11-9-22/h1-5,16-18,23H,6-14H2,(H,21,24)/t16-,17-,18-/m1/s1. The Morgan fingerprint density at radius 2 is 1.89 bits per heavy atom. The predicted octanol–water partition coefficient (Wildman–Crippen LogP) is 0.503. The van der Waals surface area contributed by atoms with Gasteiger partial charge in [0.15, 0.2) is 0 Å². The molecule has 2 N–H and O–H groups in total. The van der Waals surface area contributed by atoms with Crippen molar-refractivity contribution in [3.8, 4) is 0 Å². The quantitative estimate of drug-likeness (QED) is 0.755. The number of nitrogens with zero attached hydrogens (tertiary/aromatic N) is 1. The summed E-state index contributed by atoms with van der Waals surface area (Å²) in [5.41, 5.74) is 0.946. The van der Waals surface area contributed by atoms with E-state index in [1.54, 1.807) is 4.90 Å². The molecule has 2 amide bonds. The lowest BCUT2D eigenvalue weighted by atomic mass is 9.96. The highest BCUT2D eigenvalue weighted by Gasteiger charge is 2.33. The third-order valence-corrected chi connectivity index (χ3v) is 5.12. The van der Waals surface area contributed by atoms with Crippen LogP contribution in [0.3, 0.4) is 0 Å². The van der Waals surface area contributed by atoms with Crippen molar-refractivity contribution in [2.45, 2.75) is 43.9 Å². The first-order valence-electron chi connectivity index (χ1n) is 9.61. The van der Waals surface area contributed by atoms with Gasteiger partial charge in [0, 0.05) is 13.1 Å². The van der Waals surface area contributed by atoms with Gasteiger partial charge in [0.2, 0.25) is 11.8 Å². The summed E-state index contributed by atoms with van der Waals surface area (Å²) in [7, 11) is 0. The molecule has 7 heteroatoms. The van der Waals surface area contributed by atoms with Gasteiger partial charge in [-0.1, -0.05) is 30.3 Å². The molecule has 1 aromatic rings. The maximum atomic E-state index is 12.4. The van der Waals surface area contributed by atoms with Crippen molar-refractivity contribution >= 4 is 11.8 Å². The predicted molar refractivity (Wildman–Crippen MR) is 99.1 cm³/mol. The zero-order valence-corrected chi connectivity index (χ0v) is 15.5. The zero-order valence-electron chi connectivity index (χ0n) is 15.5. The van der Waals surface area contributed by atoms with E-state index in [1.165, 1.54) is 0 Å². The minimum atomic E-state index is -0.485. The largest absolute Gasteiger partial charge is 0.394 e. The van der Waals surface area contributed by atoms with Crippen molar-refractivity contribution in [2.75, 3.05) is 32.9 Å². The summed E-state index contributed by atoms with van der Waals surface area (Å²) in [5, 5.41) is 12.6. The molecule has 0 unspecified atom stereocenters. The van der Waals surface area contributed by atoms with Gasteiger partial charge in [-0.3, -0.25) is 9.59 Å². The Hall–Kier alpha value is -1.96. The number of morpholine rings is 1. The molecule has 0 aromatic heterocycles. The Labute approximate surface area is 159 Å². The highest BCUT2D eigenvalue weighted by molar-refractivity contribution is 5.79. The number of carbonyl (C=O) groups excluding carboxylic acids is 2. The number of carbonyl (C=O) groups is 2. The van der Waals surface area contributed by atoms with Crippen LogP contribution in [0.1, 0.15) is 24.8 Å². The summed E-state index contributed by atoms with van der Waals surface area (Å²) >= 11 is 0. The number of nitrogens with one attached hydrogen (secondary N) is 1. The summed E-state index contributed by atoms with van der Waals surface area (Å²) in [5.74, 6) is -0.0253. The molecule has 3 rings (SSSR count). The summed E-state index contributed by atoms with van der Waals surface area (Å²) in [4.78, 5) is 26.5. The second kappa shape index (κ2) is 9.82. The number of amides is 2. The van der Waals surface area contributed by atoms with Gasteiger partial charge >= 0.3 is 0 Å². The Bertz CT molecular complexity index is 618. The van der Waals surface area contributed by atoms with Crippen LogP contribution < -0.4 is 5.32 Å². The number of benzene rings is 1. The summed E-state index contributed by atoms with van der Waals surface area (Å²) < 4.78 is 11.2. The van der Waals surface area contributed by atoms with Crippen LogP contribution >= 0.6 is 0 Å². The molecule has 2 heterocycles. The number of aliphatic hydroxyl groups excluding tert-OH is 1. The minimum Gasteiger partial charge on any atom is -0.394 e. The van der Waals surface area contributed by atoms with Gasteiger partial charge in [-0.2, -0.15) is 0 Å². The van der Waals surface area contributed by atoms with Gasteiger partial charge in [0.25, 0.3) is 0 Å². The van der Waals surface area contributed by atoms with Crippen LogP contribution in [0.4, 0.5) is 0 Å². The molecule has 0 aliphatic carbocycles. The molecule has 2 aliphatic rings. The molecule has 2 aliphatic heterocycles. The molecule has 1 aromatic carbocycles. The topological polar surface area (TPSA) is 88.1 Å². The smallest absolute Gasteiger partial charge is 0.225 e. The van der Waals surface area contributed by atoms with E-state index < -0.39 is 6.10 Å². The van der Waals surface area contributed by atoms with Crippen LogP contribution in [-0.2, 0) is 25.5 Å². The fourth-order valence-electron chi connectivity index (χ4n) is 3.62. The zero-order chi connectivity index (χ0) is 19.1. The van der Waals surface area contributed by atoms with Crippen LogP contribution in [0.15, 0.2) is 30.3 Å². The molecule has 0 radical (unpaired) electrons. The first-order chi connectivity index (χ1) is 13.2. The lowest BCUT2D eigenvalue weighted by molar-refractivity contribution is -0.145. The summed E-state index contributed by atoms with van der Waals surface area (Å²) in [6, 6.07) is 9.30. The van der Waals surface area contributed by atoms with E-state index in [-0.39, 0.29) is 30.6 Å². The summed E-state index contributed by atoms with van der Waals surface area (Å²) in [6.07, 6.45) is 1.27. The van der Waals surface area contributed by atoms with Gasteiger partial charge in [-0.25, -0.2) is 0 Å². The van der Waals surface area contributed by atoms with Crippen molar-refractivity contribution < 1.29 is 24.2 Å². The molecular formula is C20H28N2O5. The molecule has 2 saturated heterocycles. The molecule has 0 bridgehead atoms. The van der Waals surface area contributed by atoms with Crippen molar-refractivity contribution in [1.82, 2.24) is 10.2 Å². The Kier molecular flexibility index (Phi) is 7.20. The van der Waals surface area contributed by atoms with Crippen LogP contribution in [-0.4, -0.2) is 73.0 Å². The van der Waals surface area contributed by atoms with E-state index in [9.17, 15) is 14.7 Å². The van der Waals surface area contributed by atoms with Crippen LogP contribution in [0.2, 0.25) is 0 Å². The van der Waals surface area contributed by atoms with Gasteiger partial charge in [-0.15, -0.1) is 0 Å². The maximum Gasteiger partial charge on any atom is 0.225 e. The third kappa shape index (κ3) is 5.76. The van der Waals surface area contributed by atoms with E-state index in [2.05, 4.69) is 5.32 Å². The molecule has 3 atom stereocenters. The van der Waals surface area contributed by atoms with Gasteiger partial charge in [0.1, 0.15) is 6.10 Å². The van der Waals surface area contributed by atoms with E-state index >= 15 is 0 Å². The fraction of sp³-hybridized carbons (Fsp3) is 0.600. The van der Waals surface area contributed by atoms with E-state index in [1.807, 2.05) is 30.3 Å². The fourth-order valence-corrected chi connectivity index (χ4v) is 3.62. The van der Waals surface area contributed by atoms with E-state index in [4.69, 9.17) is 9.47 Å². The molecule has 27 heavy (non-hydrogen) atoms. The molecule has 0 saturated carbocycles. The number of ether oxygens (including phenoxy) is 2. The molecular weight excluding hydrogens is 348 g/mol. The lowest BCUT2D eigenvalue weighted by Crippen LogP contribution is -2.52. The molecule has 148 valence electrons. The van der Waals surface area contributed by atoms with E-state index in [0.717, 1.165) is 5.56 Å². The molecule has 0 spiro atoms. The number of hydrogen-bond donors (Lipinski definition) is 2. The van der Waals surface area contributed by atoms with Crippen molar-refractivity contribution in [3.05, 3.63) is 35.9 Å². The Balaban J connectivity index is 1.47. The first-order valence-corrected chi connectivity index (χ1v) is 9.61. The van der Waals surface area contributed by atoms with Crippen LogP contribution in [0.25, 0.3) is 0 Å². The Morgan fingerprint density at radius 1 is 1.15 bits per heavy atom. The number of hydrogen-bond acceptors (Lipinski definition) is 5. The average molecular weight is 376 g/mol. The third-order valence-electron chi connectivity index (χ3n) is 5.12. The summed E-state index contributed by atoms with van der Waals surface area (Å²) in [6.45, 7) is 2.21. The molecule has 7 nitrogen and oxygen atoms in total. The lowest BCUT2D eigenvalue weighted by Gasteiger charge is -2.37. The normalized spacial score (nSPS) is 25.8. The number of rotatable bonds is 6. The van der Waals surface area contributed by atoms with E-state index in [0.29, 0.717) is 52.0 Å². The van der Waals surface area contributed by atoms with Crippen LogP contribution in [0, 0.1) is 0 Å². The second-order valence-corrected chi connectivity index (χ2v) is 7.09. The minimum absolute atomic E-state index is 0.0616. The second-order valence-electron chi connectivity index (χ2n) is 7.09. The SMILES string of the molecule is O=C(Cc1ccccc1)N[C@@H]1CC[C@H](CC(=O)N2CCOCC2)O[C@@H]1CO. The maximum absolute atomic E-state index is 12.4. The Morgan fingerprint density at radius 3 is 2.59 bits per heavy atom. The number of aliphatic hydroxyl groups is 1. The van der Waals surface area contributed by atoms with Gasteiger partial charge in [-0.05, 0) is 18.4 Å². The highest BCUT2D eigenvalue weighted by atomic mass is 16.5. The van der Waals surface area contributed by atoms with Crippen molar-refractivity contribution in [1.29, 1.82) is 0 Å².